The van der Waals surface area contributed by atoms with Crippen molar-refractivity contribution in [2.45, 2.75) is 40.3 Å². The third-order valence-corrected chi connectivity index (χ3v) is 6.43. The summed E-state index contributed by atoms with van der Waals surface area (Å²) in [5.41, 5.74) is 4.76. The van der Waals surface area contributed by atoms with Gasteiger partial charge in [0.05, 0.1) is 47.6 Å². The molecule has 182 valence electrons. The lowest BCUT2D eigenvalue weighted by Crippen LogP contribution is -2.36. The van der Waals surface area contributed by atoms with E-state index in [1.165, 1.54) is 0 Å². The van der Waals surface area contributed by atoms with E-state index < -0.39 is 17.9 Å². The second-order valence-electron chi connectivity index (χ2n) is 8.20. The van der Waals surface area contributed by atoms with Crippen molar-refractivity contribution in [3.05, 3.63) is 88.0 Å². The molecule has 7 nitrogen and oxygen atoms in total. The molecule has 4 rings (SSSR count). The second kappa shape index (κ2) is 10.4. The van der Waals surface area contributed by atoms with Crippen molar-refractivity contribution in [1.82, 2.24) is 14.5 Å². The molecule has 1 aromatic heterocycles. The molecule has 8 heteroatoms. The van der Waals surface area contributed by atoms with Gasteiger partial charge in [-0.3, -0.25) is 0 Å². The van der Waals surface area contributed by atoms with Crippen molar-refractivity contribution < 1.29 is 19.1 Å². The lowest BCUT2D eigenvalue weighted by Gasteiger charge is -2.38. The average molecular weight is 494 g/mol. The number of benzene rings is 2. The molecule has 3 aromatic rings. The fourth-order valence-corrected chi connectivity index (χ4v) is 4.66. The number of hydrogen-bond donors (Lipinski definition) is 0. The van der Waals surface area contributed by atoms with E-state index in [0.29, 0.717) is 34.2 Å². The van der Waals surface area contributed by atoms with E-state index in [0.717, 1.165) is 16.6 Å². The highest BCUT2D eigenvalue weighted by molar-refractivity contribution is 6.30. The Balaban J connectivity index is 1.91. The van der Waals surface area contributed by atoms with Crippen LogP contribution in [0, 0.1) is 0 Å². The summed E-state index contributed by atoms with van der Waals surface area (Å²) in [4.78, 5) is 33.1. The van der Waals surface area contributed by atoms with Gasteiger partial charge in [-0.2, -0.15) is 0 Å². The smallest absolute Gasteiger partial charge is 0.336 e. The molecule has 0 aliphatic carbocycles. The van der Waals surface area contributed by atoms with Gasteiger partial charge in [-0.25, -0.2) is 14.6 Å². The van der Waals surface area contributed by atoms with Crippen LogP contribution in [0.4, 0.5) is 0 Å². The van der Waals surface area contributed by atoms with Gasteiger partial charge in [0.1, 0.15) is 6.67 Å². The molecule has 35 heavy (non-hydrogen) atoms. The van der Waals surface area contributed by atoms with Gasteiger partial charge in [-0.15, -0.1) is 0 Å². The molecule has 0 atom stereocenters. The normalized spacial score (nSPS) is 14.6. The maximum atomic E-state index is 13.3. The zero-order valence-corrected chi connectivity index (χ0v) is 21.0. The van der Waals surface area contributed by atoms with Gasteiger partial charge < -0.3 is 18.9 Å². The number of rotatable bonds is 7. The zero-order valence-electron chi connectivity index (χ0n) is 20.2. The van der Waals surface area contributed by atoms with Gasteiger partial charge in [0, 0.05) is 16.4 Å². The molecule has 0 N–H and O–H groups in total. The second-order valence-corrected chi connectivity index (χ2v) is 8.63. The Bertz CT molecular complexity index is 1280. The summed E-state index contributed by atoms with van der Waals surface area (Å²) in [5.74, 6) is -1.60. The predicted octanol–water partition coefficient (Wildman–Crippen LogP) is 5.42. The van der Waals surface area contributed by atoms with Gasteiger partial charge in [0.25, 0.3) is 0 Å². The summed E-state index contributed by atoms with van der Waals surface area (Å²) < 4.78 is 12.9. The third kappa shape index (κ3) is 4.68. The number of carbonyl (C=O) groups is 2. The fraction of sp³-hybridized carbons (Fsp3) is 0.296. The van der Waals surface area contributed by atoms with E-state index in [2.05, 4.69) is 4.98 Å². The monoisotopic (exact) mass is 493 g/mol. The van der Waals surface area contributed by atoms with Crippen LogP contribution in [0.15, 0.2) is 77.4 Å². The molecule has 2 heterocycles. The van der Waals surface area contributed by atoms with Crippen LogP contribution in [0.2, 0.25) is 5.02 Å². The minimum atomic E-state index is -0.652. The lowest BCUT2D eigenvalue weighted by atomic mass is 9.80. The van der Waals surface area contributed by atoms with Crippen molar-refractivity contribution in [2.24, 2.45) is 0 Å². The molecule has 1 aliphatic rings. The van der Waals surface area contributed by atoms with E-state index in [4.69, 9.17) is 21.1 Å². The topological polar surface area (TPSA) is 73.7 Å². The predicted molar refractivity (Wildman–Crippen MR) is 134 cm³/mol. The van der Waals surface area contributed by atoms with Crippen LogP contribution in [-0.4, -0.2) is 39.6 Å². The maximum Gasteiger partial charge on any atom is 0.336 e. The largest absolute Gasteiger partial charge is 0.463 e. The van der Waals surface area contributed by atoms with E-state index in [1.807, 2.05) is 59.7 Å². The molecule has 0 radical (unpaired) electrons. The molecule has 2 aromatic carbocycles. The number of ether oxygens (including phenoxy) is 2. The number of allylic oxidation sites excluding steroid dienone is 2. The number of esters is 2. The summed E-state index contributed by atoms with van der Waals surface area (Å²) in [6.45, 7) is 8.06. The molecule has 0 amide bonds. The van der Waals surface area contributed by atoms with Crippen molar-refractivity contribution in [2.75, 3.05) is 13.2 Å². The Morgan fingerprint density at radius 2 is 1.49 bits per heavy atom. The molecule has 1 aliphatic heterocycles. The lowest BCUT2D eigenvalue weighted by molar-refractivity contribution is -0.139. The molecule has 0 spiro atoms. The first kappa shape index (κ1) is 24.5. The van der Waals surface area contributed by atoms with Crippen LogP contribution in [0.3, 0.4) is 0 Å². The summed E-state index contributed by atoms with van der Waals surface area (Å²) in [7, 11) is 0. The Kier molecular flexibility index (Phi) is 7.26. The fourth-order valence-electron chi connectivity index (χ4n) is 4.53. The Morgan fingerprint density at radius 1 is 0.914 bits per heavy atom. The van der Waals surface area contributed by atoms with E-state index >= 15 is 0 Å². The first-order chi connectivity index (χ1) is 16.9. The third-order valence-electron chi connectivity index (χ3n) is 6.18. The Hall–Kier alpha value is -3.58. The highest BCUT2D eigenvalue weighted by Gasteiger charge is 2.40. The minimum Gasteiger partial charge on any atom is -0.463 e. The van der Waals surface area contributed by atoms with Crippen molar-refractivity contribution in [1.29, 1.82) is 0 Å². The summed E-state index contributed by atoms with van der Waals surface area (Å²) >= 11 is 6.13. The number of aromatic nitrogens is 2. The SMILES string of the molecule is CCOC(=O)C1=C(C)N(Cn2cnc3ccccc32)C(C)=C(C(=O)OCC)C1c1ccc(Cl)cc1. The quantitative estimate of drug-likeness (QED) is 0.409. The number of fused-ring (bicyclic) bond motifs is 1. The van der Waals surface area contributed by atoms with Crippen LogP contribution < -0.4 is 0 Å². The van der Waals surface area contributed by atoms with Crippen LogP contribution in [0.5, 0.6) is 0 Å². The highest BCUT2D eigenvalue weighted by Crippen LogP contribution is 2.43. The van der Waals surface area contributed by atoms with Crippen molar-refractivity contribution >= 4 is 34.6 Å². The van der Waals surface area contributed by atoms with Crippen LogP contribution >= 0.6 is 11.6 Å². The molecule has 0 bridgehead atoms. The Morgan fingerprint density at radius 3 is 2.06 bits per heavy atom. The molecule has 0 fully saturated rings. The molecule has 0 saturated heterocycles. The summed E-state index contributed by atoms with van der Waals surface area (Å²) in [5, 5.41) is 0.565. The van der Waals surface area contributed by atoms with Crippen molar-refractivity contribution in [3.8, 4) is 0 Å². The molecule has 0 unspecified atom stereocenters. The van der Waals surface area contributed by atoms with Gasteiger partial charge in [-0.1, -0.05) is 35.9 Å². The molecular formula is C27H28ClN3O4. The van der Waals surface area contributed by atoms with Crippen LogP contribution in [0.1, 0.15) is 39.2 Å². The number of imidazole rings is 1. The van der Waals surface area contributed by atoms with Crippen LogP contribution in [0.25, 0.3) is 11.0 Å². The van der Waals surface area contributed by atoms with E-state index in [-0.39, 0.29) is 13.2 Å². The molecular weight excluding hydrogens is 466 g/mol. The summed E-state index contributed by atoms with van der Waals surface area (Å²) in [6, 6.07) is 15.0. The van der Waals surface area contributed by atoms with Crippen molar-refractivity contribution in [3.63, 3.8) is 0 Å². The number of para-hydroxylation sites is 2. The first-order valence-electron chi connectivity index (χ1n) is 11.6. The maximum absolute atomic E-state index is 13.3. The number of nitrogens with zero attached hydrogens (tertiary/aromatic N) is 3. The first-order valence-corrected chi connectivity index (χ1v) is 11.9. The van der Waals surface area contributed by atoms with E-state index in [1.54, 1.807) is 32.3 Å². The zero-order chi connectivity index (χ0) is 25.1. The van der Waals surface area contributed by atoms with E-state index in [9.17, 15) is 9.59 Å². The Labute approximate surface area is 209 Å². The number of carbonyl (C=O) groups excluding carboxylic acids is 2. The number of halogens is 1. The average Bonchev–Trinajstić information content (AvgIpc) is 3.25. The summed E-state index contributed by atoms with van der Waals surface area (Å²) in [6.07, 6.45) is 1.75. The van der Waals surface area contributed by atoms with Gasteiger partial charge in [0.15, 0.2) is 0 Å². The van der Waals surface area contributed by atoms with Gasteiger partial charge in [0.2, 0.25) is 0 Å². The minimum absolute atomic E-state index is 0.215. The number of hydrogen-bond acceptors (Lipinski definition) is 6. The van der Waals surface area contributed by atoms with Gasteiger partial charge in [-0.05, 0) is 57.5 Å². The van der Waals surface area contributed by atoms with Gasteiger partial charge >= 0.3 is 11.9 Å². The van der Waals surface area contributed by atoms with Crippen LogP contribution in [-0.2, 0) is 25.7 Å². The standard InChI is InChI=1S/C27H28ClN3O4/c1-5-34-26(32)23-17(3)31(16-30-15-29-21-9-7-8-10-22(21)30)18(4)24(27(33)35-6-2)25(23)19-11-13-20(28)14-12-19/h7-15,25H,5-6,16H2,1-4H3. The molecule has 0 saturated carbocycles. The highest BCUT2D eigenvalue weighted by atomic mass is 35.5.